The molecule has 0 bridgehead atoms. The molecule has 0 unspecified atom stereocenters. The Labute approximate surface area is 207 Å². The van der Waals surface area contributed by atoms with Crippen LogP contribution in [0.2, 0.25) is 0 Å². The molecule has 0 fully saturated rings. The number of hydrogen-bond donors (Lipinski definition) is 1. The SMILES string of the molecule is C=CCc1cc(/C=C(/C#N)C(=O)N[C@@H](C)c2ccccc2)cc(OC)c1OCc1ccc(C)cc1. The molecule has 0 saturated carbocycles. The normalized spacial score (nSPS) is 11.8. The van der Waals surface area contributed by atoms with Crippen molar-refractivity contribution in [3.63, 3.8) is 0 Å². The van der Waals surface area contributed by atoms with Crippen molar-refractivity contribution in [3.8, 4) is 17.6 Å². The van der Waals surface area contributed by atoms with E-state index >= 15 is 0 Å². The van der Waals surface area contributed by atoms with Crippen LogP contribution in [0.25, 0.3) is 6.08 Å². The Balaban J connectivity index is 1.86. The summed E-state index contributed by atoms with van der Waals surface area (Å²) >= 11 is 0. The number of carbonyl (C=O) groups excluding carboxylic acids is 1. The largest absolute Gasteiger partial charge is 0.493 e. The highest BCUT2D eigenvalue weighted by Crippen LogP contribution is 2.35. The first-order valence-corrected chi connectivity index (χ1v) is 11.4. The van der Waals surface area contributed by atoms with E-state index in [-0.39, 0.29) is 11.6 Å². The molecule has 0 radical (unpaired) electrons. The van der Waals surface area contributed by atoms with Crippen molar-refractivity contribution < 1.29 is 14.3 Å². The van der Waals surface area contributed by atoms with E-state index < -0.39 is 5.91 Å². The van der Waals surface area contributed by atoms with Crippen LogP contribution in [0.5, 0.6) is 11.5 Å². The van der Waals surface area contributed by atoms with Gasteiger partial charge in [-0.2, -0.15) is 5.26 Å². The molecule has 0 aliphatic carbocycles. The van der Waals surface area contributed by atoms with Crippen molar-refractivity contribution in [3.05, 3.63) is 113 Å². The number of carbonyl (C=O) groups is 1. The molecule has 0 saturated heterocycles. The highest BCUT2D eigenvalue weighted by atomic mass is 16.5. The van der Waals surface area contributed by atoms with Crippen molar-refractivity contribution in [2.45, 2.75) is 32.9 Å². The van der Waals surface area contributed by atoms with Crippen LogP contribution in [0.3, 0.4) is 0 Å². The maximum Gasteiger partial charge on any atom is 0.262 e. The van der Waals surface area contributed by atoms with Crippen LogP contribution in [0.4, 0.5) is 0 Å². The van der Waals surface area contributed by atoms with Gasteiger partial charge in [0.2, 0.25) is 0 Å². The Kier molecular flexibility index (Phi) is 8.86. The number of amides is 1. The average Bonchev–Trinajstić information content (AvgIpc) is 2.87. The van der Waals surface area contributed by atoms with E-state index in [1.54, 1.807) is 25.3 Å². The van der Waals surface area contributed by atoms with Crippen LogP contribution in [0.1, 0.15) is 40.8 Å². The van der Waals surface area contributed by atoms with Crippen molar-refractivity contribution in [2.24, 2.45) is 0 Å². The Morgan fingerprint density at radius 2 is 1.86 bits per heavy atom. The van der Waals surface area contributed by atoms with Gasteiger partial charge in [0.15, 0.2) is 11.5 Å². The lowest BCUT2D eigenvalue weighted by atomic mass is 10.0. The lowest BCUT2D eigenvalue weighted by molar-refractivity contribution is -0.117. The van der Waals surface area contributed by atoms with Crippen LogP contribution < -0.4 is 14.8 Å². The number of nitrogens with one attached hydrogen (secondary N) is 1. The first-order chi connectivity index (χ1) is 16.9. The highest BCUT2D eigenvalue weighted by Gasteiger charge is 2.16. The molecule has 3 rings (SSSR count). The van der Waals surface area contributed by atoms with Gasteiger partial charge >= 0.3 is 0 Å². The molecule has 35 heavy (non-hydrogen) atoms. The predicted molar refractivity (Wildman–Crippen MR) is 139 cm³/mol. The van der Waals surface area contributed by atoms with Gasteiger partial charge < -0.3 is 14.8 Å². The fourth-order valence-corrected chi connectivity index (χ4v) is 3.64. The molecule has 3 aromatic rings. The number of hydrogen-bond acceptors (Lipinski definition) is 4. The number of allylic oxidation sites excluding steroid dienone is 1. The number of rotatable bonds is 10. The standard InChI is InChI=1S/C30H30N2O3/c1-5-9-26-16-24(17-27(19-31)30(33)32-22(3)25-10-7-6-8-11-25)18-28(34-4)29(26)35-20-23-14-12-21(2)13-15-23/h5-8,10-18,22H,1,9,20H2,2-4H3,(H,32,33)/b27-17-/t22-/m0/s1. The zero-order chi connectivity index (χ0) is 25.2. The third-order valence-electron chi connectivity index (χ3n) is 5.57. The van der Waals surface area contributed by atoms with E-state index in [2.05, 4.69) is 11.9 Å². The summed E-state index contributed by atoms with van der Waals surface area (Å²) in [6.45, 7) is 8.16. The van der Waals surface area contributed by atoms with Crippen LogP contribution in [0, 0.1) is 18.3 Å². The van der Waals surface area contributed by atoms with Gasteiger partial charge in [-0.15, -0.1) is 6.58 Å². The van der Waals surface area contributed by atoms with Crippen molar-refractivity contribution >= 4 is 12.0 Å². The summed E-state index contributed by atoms with van der Waals surface area (Å²) in [7, 11) is 1.57. The van der Waals surface area contributed by atoms with Gasteiger partial charge in [0.05, 0.1) is 13.2 Å². The molecule has 0 aromatic heterocycles. The van der Waals surface area contributed by atoms with E-state index in [4.69, 9.17) is 9.47 Å². The fourth-order valence-electron chi connectivity index (χ4n) is 3.64. The molecule has 3 aromatic carbocycles. The van der Waals surface area contributed by atoms with E-state index in [0.29, 0.717) is 30.1 Å². The maximum absolute atomic E-state index is 12.8. The minimum absolute atomic E-state index is 0.00714. The number of benzene rings is 3. The summed E-state index contributed by atoms with van der Waals surface area (Å²) in [5.74, 6) is 0.705. The molecular weight excluding hydrogens is 436 g/mol. The van der Waals surface area contributed by atoms with Gasteiger partial charge in [-0.3, -0.25) is 4.79 Å². The molecule has 5 nitrogen and oxygen atoms in total. The summed E-state index contributed by atoms with van der Waals surface area (Å²) in [6, 6.07) is 23.2. The van der Waals surface area contributed by atoms with Gasteiger partial charge in [0, 0.05) is 5.56 Å². The summed E-state index contributed by atoms with van der Waals surface area (Å²) < 4.78 is 11.7. The fraction of sp³-hybridized carbons (Fsp3) is 0.200. The number of ether oxygens (including phenoxy) is 2. The first kappa shape index (κ1) is 25.3. The van der Waals surface area contributed by atoms with Crippen molar-refractivity contribution in [1.29, 1.82) is 5.26 Å². The Morgan fingerprint density at radius 1 is 1.14 bits per heavy atom. The Morgan fingerprint density at radius 3 is 2.49 bits per heavy atom. The molecular formula is C30H30N2O3. The number of methoxy groups -OCH3 is 1. The zero-order valence-electron chi connectivity index (χ0n) is 20.4. The molecule has 0 aliphatic heterocycles. The lowest BCUT2D eigenvalue weighted by Gasteiger charge is -2.16. The van der Waals surface area contributed by atoms with Gasteiger partial charge in [0.1, 0.15) is 18.2 Å². The molecule has 0 heterocycles. The van der Waals surface area contributed by atoms with E-state index in [1.165, 1.54) is 5.56 Å². The van der Waals surface area contributed by atoms with Crippen molar-refractivity contribution in [2.75, 3.05) is 7.11 Å². The molecule has 1 N–H and O–H groups in total. The van der Waals surface area contributed by atoms with Crippen LogP contribution in [0.15, 0.2) is 85.0 Å². The average molecular weight is 467 g/mol. The zero-order valence-corrected chi connectivity index (χ0v) is 20.4. The van der Waals surface area contributed by atoms with E-state index in [0.717, 1.165) is 16.7 Å². The summed E-state index contributed by atoms with van der Waals surface area (Å²) in [4.78, 5) is 12.8. The predicted octanol–water partition coefficient (Wildman–Crippen LogP) is 6.10. The summed E-state index contributed by atoms with van der Waals surface area (Å²) in [5, 5.41) is 12.6. The van der Waals surface area contributed by atoms with Gasteiger partial charge in [0.25, 0.3) is 5.91 Å². The third kappa shape index (κ3) is 6.84. The van der Waals surface area contributed by atoms with Crippen LogP contribution >= 0.6 is 0 Å². The monoisotopic (exact) mass is 466 g/mol. The Hall–Kier alpha value is -4.30. The third-order valence-corrected chi connectivity index (χ3v) is 5.57. The quantitative estimate of drug-likeness (QED) is 0.223. The number of nitrogens with zero attached hydrogens (tertiary/aromatic N) is 1. The van der Waals surface area contributed by atoms with Crippen LogP contribution in [-0.2, 0) is 17.8 Å². The molecule has 5 heteroatoms. The van der Waals surface area contributed by atoms with Crippen LogP contribution in [-0.4, -0.2) is 13.0 Å². The number of nitriles is 1. The Bertz CT molecular complexity index is 1240. The second-order valence-electron chi connectivity index (χ2n) is 8.25. The van der Waals surface area contributed by atoms with E-state index in [1.807, 2.05) is 80.6 Å². The van der Waals surface area contributed by atoms with Gasteiger partial charge in [-0.1, -0.05) is 66.2 Å². The number of aryl methyl sites for hydroxylation is 1. The summed E-state index contributed by atoms with van der Waals surface area (Å²) in [6.07, 6.45) is 3.88. The molecule has 0 aliphatic rings. The topological polar surface area (TPSA) is 71.4 Å². The van der Waals surface area contributed by atoms with Crippen molar-refractivity contribution in [1.82, 2.24) is 5.32 Å². The van der Waals surface area contributed by atoms with Gasteiger partial charge in [-0.05, 0) is 55.2 Å². The second-order valence-corrected chi connectivity index (χ2v) is 8.25. The first-order valence-electron chi connectivity index (χ1n) is 11.4. The second kappa shape index (κ2) is 12.2. The molecule has 1 atom stereocenters. The smallest absolute Gasteiger partial charge is 0.262 e. The lowest BCUT2D eigenvalue weighted by Crippen LogP contribution is -2.27. The summed E-state index contributed by atoms with van der Waals surface area (Å²) in [5.41, 5.74) is 4.72. The van der Waals surface area contributed by atoms with Gasteiger partial charge in [-0.25, -0.2) is 0 Å². The molecule has 1 amide bonds. The van der Waals surface area contributed by atoms with E-state index in [9.17, 15) is 10.1 Å². The maximum atomic E-state index is 12.8. The molecule has 178 valence electrons. The minimum atomic E-state index is -0.437. The molecule has 0 spiro atoms. The highest BCUT2D eigenvalue weighted by molar-refractivity contribution is 6.02. The minimum Gasteiger partial charge on any atom is -0.493 e.